The summed E-state index contributed by atoms with van der Waals surface area (Å²) in [6.07, 6.45) is 5.46. The summed E-state index contributed by atoms with van der Waals surface area (Å²) in [6, 6.07) is 13.5. The van der Waals surface area contributed by atoms with E-state index in [1.807, 2.05) is 19.1 Å². The molecule has 12 nitrogen and oxygen atoms in total. The number of hydrogen-bond donors (Lipinski definition) is 5. The number of benzene rings is 2. The van der Waals surface area contributed by atoms with Crippen molar-refractivity contribution in [3.8, 4) is 11.1 Å². The lowest BCUT2D eigenvalue weighted by Crippen LogP contribution is -2.65. The van der Waals surface area contributed by atoms with Gasteiger partial charge in [-0.25, -0.2) is 0 Å². The lowest BCUT2D eigenvalue weighted by Gasteiger charge is -2.64. The van der Waals surface area contributed by atoms with Gasteiger partial charge in [0.15, 0.2) is 17.3 Å². The Hall–Kier alpha value is -3.75. The third-order valence-electron chi connectivity index (χ3n) is 14.1. The molecule has 61 heavy (non-hydrogen) atoms. The van der Waals surface area contributed by atoms with Crippen molar-refractivity contribution in [2.75, 3.05) is 13.1 Å². The van der Waals surface area contributed by atoms with Gasteiger partial charge >= 0.3 is 7.12 Å². The number of aliphatic hydroxyl groups is 1. The zero-order valence-corrected chi connectivity index (χ0v) is 37.5. The van der Waals surface area contributed by atoms with E-state index in [1.165, 1.54) is 12.5 Å². The van der Waals surface area contributed by atoms with Crippen LogP contribution in [-0.2, 0) is 34.9 Å². The number of ketones is 3. The molecule has 4 fully saturated rings. The SMILES string of the molecule is CCCCc1ccc(-c2ccc(C(=O)C[C@@H](CN)C(=O)N[C@H](C(=O)C[C@@H](C)C(=O)N[C@@H](CCCCN)C(=O)C[C@@H](C)B3OC4C[C@@H]5C[C@@H](C5(C)C)[C@]4(C)O3)[C@@H](C)O)cc2)cc1. The maximum absolute atomic E-state index is 13.8. The smallest absolute Gasteiger partial charge is 0.405 e. The van der Waals surface area contributed by atoms with Crippen LogP contribution in [0.4, 0.5) is 0 Å². The molecule has 1 saturated heterocycles. The van der Waals surface area contributed by atoms with Gasteiger partial charge in [-0.2, -0.15) is 0 Å². The molecule has 10 atom stereocenters. The number of nitrogens with one attached hydrogen (secondary N) is 2. The monoisotopic (exact) mass is 843 g/mol. The molecule has 2 aromatic rings. The minimum Gasteiger partial charge on any atom is -0.405 e. The van der Waals surface area contributed by atoms with Crippen LogP contribution in [0, 0.1) is 29.1 Å². The Bertz CT molecular complexity index is 1840. The highest BCUT2D eigenvalue weighted by atomic mass is 16.7. The van der Waals surface area contributed by atoms with Crippen molar-refractivity contribution in [2.45, 2.75) is 155 Å². The number of Topliss-reactive ketones (excluding diaryl/α,β-unsaturated/α-hetero) is 3. The largest absolute Gasteiger partial charge is 0.461 e. The quantitative estimate of drug-likeness (QED) is 0.0475. The molecule has 6 rings (SSSR count). The molecular weight excluding hydrogens is 771 g/mol. The minimum absolute atomic E-state index is 0.00303. The van der Waals surface area contributed by atoms with Crippen LogP contribution in [0.15, 0.2) is 48.5 Å². The van der Waals surface area contributed by atoms with E-state index in [9.17, 15) is 29.1 Å². The maximum atomic E-state index is 13.8. The lowest BCUT2D eigenvalue weighted by molar-refractivity contribution is -0.199. The van der Waals surface area contributed by atoms with Gasteiger partial charge < -0.3 is 36.5 Å². The fraction of sp³-hybridized carbons (Fsp3) is 0.646. The summed E-state index contributed by atoms with van der Waals surface area (Å²) < 4.78 is 13.0. The molecular formula is C48H71BN4O8. The van der Waals surface area contributed by atoms with Gasteiger partial charge in [-0.15, -0.1) is 0 Å². The van der Waals surface area contributed by atoms with Crippen LogP contribution in [0.5, 0.6) is 0 Å². The standard InChI is InChI=1S/C48H71BN4O8/c1-8-9-12-32-14-16-33(17-15-32)34-18-20-35(21-19-34)39(55)25-36(28-51)46(59)53-44(31(4)54)41(57)23-29(2)45(58)52-38(13-10-11-22-50)40(56)24-30(3)49-60-43-27-37-26-42(47(37,5)6)48(43,7)61-49/h14-21,29-31,36-38,42-44,54H,8-13,22-28,50-51H2,1-7H3,(H,52,58)(H,53,59)/t29-,30-,31-,36+,37+,38+,42+,43?,44+,48+/m1/s1. The van der Waals surface area contributed by atoms with Crippen LogP contribution in [0.25, 0.3) is 11.1 Å². The summed E-state index contributed by atoms with van der Waals surface area (Å²) in [4.78, 5) is 67.7. The number of carbonyl (C=O) groups excluding carboxylic acids is 5. The number of carbonyl (C=O) groups is 5. The van der Waals surface area contributed by atoms with Crippen molar-refractivity contribution in [3.05, 3.63) is 59.7 Å². The van der Waals surface area contributed by atoms with Gasteiger partial charge in [0, 0.05) is 37.3 Å². The lowest BCUT2D eigenvalue weighted by atomic mass is 9.43. The first-order valence-corrected chi connectivity index (χ1v) is 22.7. The molecule has 1 unspecified atom stereocenters. The van der Waals surface area contributed by atoms with E-state index in [2.05, 4.69) is 62.6 Å². The first kappa shape index (κ1) is 48.3. The topological polar surface area (TPSA) is 200 Å². The van der Waals surface area contributed by atoms with Crippen LogP contribution in [-0.4, -0.2) is 84.4 Å². The third kappa shape index (κ3) is 11.5. The number of aryl methyl sites for hydroxylation is 1. The van der Waals surface area contributed by atoms with E-state index in [1.54, 1.807) is 19.1 Å². The minimum atomic E-state index is -1.34. The zero-order chi connectivity index (χ0) is 44.6. The molecule has 4 aliphatic rings. The summed E-state index contributed by atoms with van der Waals surface area (Å²) in [7, 11) is -0.522. The number of unbranched alkanes of at least 4 members (excludes halogenated alkanes) is 2. The second-order valence-electron chi connectivity index (χ2n) is 19.1. The maximum Gasteiger partial charge on any atom is 0.461 e. The highest BCUT2D eigenvalue weighted by Crippen LogP contribution is 2.66. The fourth-order valence-electron chi connectivity index (χ4n) is 9.80. The predicted molar refractivity (Wildman–Crippen MR) is 238 cm³/mol. The average molecular weight is 843 g/mol. The summed E-state index contributed by atoms with van der Waals surface area (Å²) in [5, 5.41) is 16.1. The Kier molecular flexibility index (Phi) is 16.7. The summed E-state index contributed by atoms with van der Waals surface area (Å²) in [5.41, 5.74) is 15.2. The number of aliphatic hydroxyl groups excluding tert-OH is 1. The van der Waals surface area contributed by atoms with Crippen LogP contribution >= 0.6 is 0 Å². The van der Waals surface area contributed by atoms with Gasteiger partial charge in [-0.05, 0) is 105 Å². The van der Waals surface area contributed by atoms with Crippen LogP contribution in [0.3, 0.4) is 0 Å². The first-order chi connectivity index (χ1) is 28.9. The second-order valence-corrected chi connectivity index (χ2v) is 19.1. The normalized spacial score (nSPS) is 24.3. The molecule has 13 heteroatoms. The Morgan fingerprint density at radius 2 is 1.49 bits per heavy atom. The molecule has 3 aliphatic carbocycles. The van der Waals surface area contributed by atoms with Crippen molar-refractivity contribution in [2.24, 2.45) is 40.6 Å². The molecule has 334 valence electrons. The van der Waals surface area contributed by atoms with Gasteiger partial charge in [0.1, 0.15) is 6.04 Å². The van der Waals surface area contributed by atoms with E-state index in [-0.39, 0.29) is 54.7 Å². The van der Waals surface area contributed by atoms with Crippen molar-refractivity contribution in [1.29, 1.82) is 0 Å². The van der Waals surface area contributed by atoms with Gasteiger partial charge in [0.25, 0.3) is 0 Å². The number of nitrogens with two attached hydrogens (primary N) is 2. The van der Waals surface area contributed by atoms with E-state index in [0.717, 1.165) is 43.2 Å². The molecule has 0 spiro atoms. The van der Waals surface area contributed by atoms with Crippen molar-refractivity contribution >= 4 is 36.3 Å². The number of hydrogen-bond acceptors (Lipinski definition) is 10. The molecule has 1 heterocycles. The molecule has 2 amide bonds. The highest BCUT2D eigenvalue weighted by Gasteiger charge is 2.68. The highest BCUT2D eigenvalue weighted by molar-refractivity contribution is 6.47. The van der Waals surface area contributed by atoms with Gasteiger partial charge in [-0.3, -0.25) is 24.0 Å². The van der Waals surface area contributed by atoms with Crippen molar-refractivity contribution in [3.63, 3.8) is 0 Å². The molecule has 1 aliphatic heterocycles. The summed E-state index contributed by atoms with van der Waals surface area (Å²) in [5.74, 6) is -3.18. The Morgan fingerprint density at radius 1 is 0.836 bits per heavy atom. The first-order valence-electron chi connectivity index (χ1n) is 22.7. The summed E-state index contributed by atoms with van der Waals surface area (Å²) >= 11 is 0. The molecule has 7 N–H and O–H groups in total. The predicted octanol–water partition coefficient (Wildman–Crippen LogP) is 6.00. The van der Waals surface area contributed by atoms with E-state index in [0.29, 0.717) is 43.2 Å². The second kappa shape index (κ2) is 21.1. The van der Waals surface area contributed by atoms with Crippen molar-refractivity contribution in [1.82, 2.24) is 10.6 Å². The van der Waals surface area contributed by atoms with E-state index >= 15 is 0 Å². The number of rotatable bonds is 24. The molecule has 0 aromatic heterocycles. The average Bonchev–Trinajstić information content (AvgIpc) is 3.61. The Balaban J connectivity index is 1.13. The van der Waals surface area contributed by atoms with Gasteiger partial charge in [0.05, 0.1) is 29.8 Å². The number of amides is 2. The zero-order valence-electron chi connectivity index (χ0n) is 37.5. The Morgan fingerprint density at radius 3 is 2.08 bits per heavy atom. The fourth-order valence-corrected chi connectivity index (χ4v) is 9.80. The third-order valence-corrected chi connectivity index (χ3v) is 14.1. The summed E-state index contributed by atoms with van der Waals surface area (Å²) in [6.45, 7) is 14.1. The Labute approximate surface area is 363 Å². The van der Waals surface area contributed by atoms with Crippen LogP contribution < -0.4 is 22.1 Å². The van der Waals surface area contributed by atoms with Crippen LogP contribution in [0.1, 0.15) is 129 Å². The molecule has 2 bridgehead atoms. The van der Waals surface area contributed by atoms with Crippen LogP contribution in [0.2, 0.25) is 5.82 Å². The van der Waals surface area contributed by atoms with E-state index in [4.69, 9.17) is 20.8 Å². The van der Waals surface area contributed by atoms with Gasteiger partial charge in [-0.1, -0.05) is 89.6 Å². The molecule has 2 aromatic carbocycles. The van der Waals surface area contributed by atoms with Gasteiger partial charge in [0.2, 0.25) is 11.8 Å². The van der Waals surface area contributed by atoms with E-state index < -0.39 is 60.3 Å². The molecule has 0 radical (unpaired) electrons. The molecule has 3 saturated carbocycles. The van der Waals surface area contributed by atoms with Crippen molar-refractivity contribution < 1.29 is 38.4 Å².